The average molecular weight is 264 g/mol. The number of carbonyl (C=O) groups excluding carboxylic acids is 1. The Balaban J connectivity index is 1.93. The third-order valence-electron chi connectivity index (χ3n) is 3.51. The fourth-order valence-electron chi connectivity index (χ4n) is 2.24. The Morgan fingerprint density at radius 3 is 2.79 bits per heavy atom. The lowest BCUT2D eigenvalue weighted by Crippen LogP contribution is -2.47. The van der Waals surface area contributed by atoms with E-state index in [1.807, 2.05) is 0 Å². The first-order valence-electron chi connectivity index (χ1n) is 6.46. The van der Waals surface area contributed by atoms with Crippen molar-refractivity contribution in [3.8, 4) is 5.75 Å². The van der Waals surface area contributed by atoms with Crippen LogP contribution in [0, 0.1) is 0 Å². The second-order valence-corrected chi connectivity index (χ2v) is 4.94. The Morgan fingerprint density at radius 2 is 2.21 bits per heavy atom. The molecule has 0 aromatic heterocycles. The number of phenols is 1. The molecule has 0 bridgehead atoms. The molecule has 3 N–H and O–H groups in total. The van der Waals surface area contributed by atoms with Crippen LogP contribution in [0.3, 0.4) is 0 Å². The number of phenolic OH excluding ortho intramolecular Hbond substituents is 1. The molecule has 1 fully saturated rings. The van der Waals surface area contributed by atoms with E-state index in [1.54, 1.807) is 36.2 Å². The van der Waals surface area contributed by atoms with Gasteiger partial charge in [-0.1, -0.05) is 12.1 Å². The Labute approximate surface area is 113 Å². The maximum absolute atomic E-state index is 12.2. The van der Waals surface area contributed by atoms with Crippen LogP contribution in [0.25, 0.3) is 0 Å². The monoisotopic (exact) mass is 264 g/mol. The van der Waals surface area contributed by atoms with Gasteiger partial charge in [-0.2, -0.15) is 0 Å². The van der Waals surface area contributed by atoms with Gasteiger partial charge >= 0.3 is 0 Å². The van der Waals surface area contributed by atoms with Crippen molar-refractivity contribution >= 4 is 5.91 Å². The number of aromatic hydroxyl groups is 1. The van der Waals surface area contributed by atoms with E-state index in [9.17, 15) is 9.90 Å². The number of hydrogen-bond donors (Lipinski definition) is 2. The molecular formula is C14H20N2O3. The number of benzene rings is 1. The van der Waals surface area contributed by atoms with Gasteiger partial charge in [0.1, 0.15) is 5.75 Å². The second kappa shape index (κ2) is 6.04. The molecule has 2 atom stereocenters. The predicted octanol–water partition coefficient (Wildman–Crippen LogP) is 0.509. The lowest BCUT2D eigenvalue weighted by Gasteiger charge is -2.26. The van der Waals surface area contributed by atoms with Crippen molar-refractivity contribution in [3.63, 3.8) is 0 Å². The highest BCUT2D eigenvalue weighted by molar-refractivity contribution is 5.82. The average Bonchev–Trinajstić information content (AvgIpc) is 2.93. The summed E-state index contributed by atoms with van der Waals surface area (Å²) in [7, 11) is 1.78. The molecule has 1 amide bonds. The van der Waals surface area contributed by atoms with E-state index >= 15 is 0 Å². The van der Waals surface area contributed by atoms with Crippen LogP contribution in [0.1, 0.15) is 12.0 Å². The van der Waals surface area contributed by atoms with Gasteiger partial charge < -0.3 is 20.5 Å². The largest absolute Gasteiger partial charge is 0.508 e. The van der Waals surface area contributed by atoms with Gasteiger partial charge in [0.15, 0.2) is 0 Å². The van der Waals surface area contributed by atoms with E-state index in [0.717, 1.165) is 12.0 Å². The minimum Gasteiger partial charge on any atom is -0.508 e. The van der Waals surface area contributed by atoms with E-state index < -0.39 is 6.04 Å². The smallest absolute Gasteiger partial charge is 0.239 e. The summed E-state index contributed by atoms with van der Waals surface area (Å²) in [6, 6.07) is 6.33. The minimum absolute atomic E-state index is 0.0661. The molecule has 2 rings (SSSR count). The standard InChI is InChI=1S/C14H20N2O3/c1-16(11-6-7-19-9-11)14(18)13(15)8-10-2-4-12(17)5-3-10/h2-5,11,13,17H,6-9,15H2,1H3/t11?,13-/m1/s1. The van der Waals surface area contributed by atoms with Gasteiger partial charge in [-0.3, -0.25) is 4.79 Å². The molecule has 1 aliphatic heterocycles. The summed E-state index contributed by atoms with van der Waals surface area (Å²) in [6.07, 6.45) is 1.34. The van der Waals surface area contributed by atoms with Crippen molar-refractivity contribution in [2.75, 3.05) is 20.3 Å². The van der Waals surface area contributed by atoms with Crippen LogP contribution in [0.2, 0.25) is 0 Å². The van der Waals surface area contributed by atoms with Crippen molar-refractivity contribution in [1.29, 1.82) is 0 Å². The van der Waals surface area contributed by atoms with Crippen LogP contribution in [-0.4, -0.2) is 48.3 Å². The summed E-state index contributed by atoms with van der Waals surface area (Å²) in [5.41, 5.74) is 6.90. The first kappa shape index (κ1) is 13.8. The molecule has 1 unspecified atom stereocenters. The zero-order valence-electron chi connectivity index (χ0n) is 11.1. The molecule has 1 saturated heterocycles. The van der Waals surface area contributed by atoms with Gasteiger partial charge in [0, 0.05) is 13.7 Å². The molecule has 5 nitrogen and oxygen atoms in total. The van der Waals surface area contributed by atoms with Crippen LogP contribution < -0.4 is 5.73 Å². The van der Waals surface area contributed by atoms with Gasteiger partial charge in [0.2, 0.25) is 5.91 Å². The fraction of sp³-hybridized carbons (Fsp3) is 0.500. The number of hydrogen-bond acceptors (Lipinski definition) is 4. The Bertz CT molecular complexity index is 427. The molecule has 104 valence electrons. The van der Waals surface area contributed by atoms with Crippen LogP contribution in [0.5, 0.6) is 5.75 Å². The first-order valence-corrected chi connectivity index (χ1v) is 6.46. The molecule has 0 spiro atoms. The van der Waals surface area contributed by atoms with Crippen LogP contribution in [-0.2, 0) is 16.0 Å². The Hall–Kier alpha value is -1.59. The van der Waals surface area contributed by atoms with Gasteiger partial charge in [-0.25, -0.2) is 0 Å². The van der Waals surface area contributed by atoms with Gasteiger partial charge in [0.05, 0.1) is 18.7 Å². The maximum atomic E-state index is 12.2. The van der Waals surface area contributed by atoms with Crippen LogP contribution in [0.15, 0.2) is 24.3 Å². The summed E-state index contributed by atoms with van der Waals surface area (Å²) >= 11 is 0. The number of nitrogens with zero attached hydrogens (tertiary/aromatic N) is 1. The predicted molar refractivity (Wildman–Crippen MR) is 71.8 cm³/mol. The molecular weight excluding hydrogens is 244 g/mol. The number of rotatable bonds is 4. The SMILES string of the molecule is CN(C(=O)[C@H](N)Cc1ccc(O)cc1)C1CCOC1. The number of amides is 1. The number of nitrogens with two attached hydrogens (primary N) is 1. The summed E-state index contributed by atoms with van der Waals surface area (Å²) in [5.74, 6) is 0.146. The van der Waals surface area contributed by atoms with Crippen molar-refractivity contribution in [1.82, 2.24) is 4.90 Å². The first-order chi connectivity index (χ1) is 9.08. The highest BCUT2D eigenvalue weighted by atomic mass is 16.5. The lowest BCUT2D eigenvalue weighted by molar-refractivity contribution is -0.133. The van der Waals surface area contributed by atoms with E-state index in [4.69, 9.17) is 10.5 Å². The molecule has 5 heteroatoms. The van der Waals surface area contributed by atoms with E-state index in [2.05, 4.69) is 0 Å². The maximum Gasteiger partial charge on any atom is 0.239 e. The van der Waals surface area contributed by atoms with Gasteiger partial charge in [0.25, 0.3) is 0 Å². The normalized spacial score (nSPS) is 20.2. The second-order valence-electron chi connectivity index (χ2n) is 4.94. The topological polar surface area (TPSA) is 75.8 Å². The molecule has 0 radical (unpaired) electrons. The number of ether oxygens (including phenoxy) is 1. The Morgan fingerprint density at radius 1 is 1.53 bits per heavy atom. The van der Waals surface area contributed by atoms with Crippen molar-refractivity contribution in [2.45, 2.75) is 24.9 Å². The summed E-state index contributed by atoms with van der Waals surface area (Å²) in [6.45, 7) is 1.30. The van der Waals surface area contributed by atoms with Crippen molar-refractivity contribution < 1.29 is 14.6 Å². The highest BCUT2D eigenvalue weighted by Gasteiger charge is 2.27. The van der Waals surface area contributed by atoms with E-state index in [-0.39, 0.29) is 17.7 Å². The number of likely N-dealkylation sites (N-methyl/N-ethyl adjacent to an activating group) is 1. The quantitative estimate of drug-likeness (QED) is 0.831. The van der Waals surface area contributed by atoms with Crippen LogP contribution >= 0.6 is 0 Å². The molecule has 1 aromatic rings. The zero-order valence-corrected chi connectivity index (χ0v) is 11.1. The van der Waals surface area contributed by atoms with Crippen molar-refractivity contribution in [2.24, 2.45) is 5.73 Å². The van der Waals surface area contributed by atoms with Gasteiger partial charge in [-0.05, 0) is 30.5 Å². The van der Waals surface area contributed by atoms with Crippen molar-refractivity contribution in [3.05, 3.63) is 29.8 Å². The molecule has 1 aliphatic rings. The van der Waals surface area contributed by atoms with Crippen LogP contribution in [0.4, 0.5) is 0 Å². The number of carbonyl (C=O) groups is 1. The molecule has 19 heavy (non-hydrogen) atoms. The molecule has 1 aromatic carbocycles. The van der Waals surface area contributed by atoms with E-state index in [1.165, 1.54) is 0 Å². The summed E-state index contributed by atoms with van der Waals surface area (Å²) in [4.78, 5) is 13.9. The zero-order chi connectivity index (χ0) is 13.8. The lowest BCUT2D eigenvalue weighted by atomic mass is 10.0. The molecule has 0 saturated carbocycles. The van der Waals surface area contributed by atoms with Gasteiger partial charge in [-0.15, -0.1) is 0 Å². The van der Waals surface area contributed by atoms with E-state index in [0.29, 0.717) is 19.6 Å². The molecule has 0 aliphatic carbocycles. The summed E-state index contributed by atoms with van der Waals surface area (Å²) in [5, 5.41) is 9.21. The third kappa shape index (κ3) is 3.45. The molecule has 1 heterocycles. The Kier molecular flexibility index (Phi) is 4.39. The third-order valence-corrected chi connectivity index (χ3v) is 3.51. The summed E-state index contributed by atoms with van der Waals surface area (Å²) < 4.78 is 5.28. The minimum atomic E-state index is -0.560. The fourth-order valence-corrected chi connectivity index (χ4v) is 2.24. The highest BCUT2D eigenvalue weighted by Crippen LogP contribution is 2.14.